The Labute approximate surface area is 244 Å². The van der Waals surface area contributed by atoms with Crippen LogP contribution in [0.2, 0.25) is 0 Å². The lowest BCUT2D eigenvalue weighted by atomic mass is 9.96. The van der Waals surface area contributed by atoms with Crippen molar-refractivity contribution in [1.29, 1.82) is 5.26 Å². The molecule has 2 aromatic heterocycles. The highest BCUT2D eigenvalue weighted by Gasteiger charge is 2.15. The molecular formula is C38H24N4. The van der Waals surface area contributed by atoms with Crippen LogP contribution in [-0.2, 0) is 0 Å². The molecule has 0 saturated carbocycles. The first-order valence-corrected chi connectivity index (χ1v) is 13.8. The van der Waals surface area contributed by atoms with Crippen molar-refractivity contribution < 1.29 is 0 Å². The van der Waals surface area contributed by atoms with Gasteiger partial charge in [0, 0.05) is 22.3 Å². The number of hydrogen-bond donors (Lipinski definition) is 0. The van der Waals surface area contributed by atoms with E-state index in [4.69, 9.17) is 15.0 Å². The number of para-hydroxylation sites is 2. The summed E-state index contributed by atoms with van der Waals surface area (Å²) in [5.74, 6) is 0. The molecule has 42 heavy (non-hydrogen) atoms. The van der Waals surface area contributed by atoms with Gasteiger partial charge in [0.1, 0.15) is 0 Å². The van der Waals surface area contributed by atoms with E-state index in [1.165, 1.54) is 0 Å². The molecule has 196 valence electrons. The van der Waals surface area contributed by atoms with Crippen LogP contribution in [0.1, 0.15) is 5.56 Å². The van der Waals surface area contributed by atoms with E-state index in [-0.39, 0.29) is 0 Å². The Morgan fingerprint density at radius 1 is 0.381 bits per heavy atom. The Hall–Kier alpha value is -5.92. The maximum atomic E-state index is 9.31. The SMILES string of the molecule is N#Cc1ccc(-c2nc3ccccc3nc2-c2cccc(-c3cc(-c4ccccc4)nc(-c4ccccc4)c3)c2)cc1. The Morgan fingerprint density at radius 3 is 1.45 bits per heavy atom. The minimum atomic E-state index is 0.608. The molecule has 7 rings (SSSR count). The van der Waals surface area contributed by atoms with Crippen molar-refractivity contribution in [2.24, 2.45) is 0 Å². The van der Waals surface area contributed by atoms with Gasteiger partial charge in [-0.2, -0.15) is 5.26 Å². The summed E-state index contributed by atoms with van der Waals surface area (Å²) in [7, 11) is 0. The van der Waals surface area contributed by atoms with Crippen molar-refractivity contribution in [3.63, 3.8) is 0 Å². The lowest BCUT2D eigenvalue weighted by molar-refractivity contribution is 1.29. The largest absolute Gasteiger partial charge is 0.248 e. The minimum Gasteiger partial charge on any atom is -0.248 e. The normalized spacial score (nSPS) is 10.8. The summed E-state index contributed by atoms with van der Waals surface area (Å²) in [6.07, 6.45) is 0. The molecular weight excluding hydrogens is 512 g/mol. The first kappa shape index (κ1) is 25.1. The molecule has 0 aliphatic rings. The van der Waals surface area contributed by atoms with Crippen LogP contribution in [0, 0.1) is 11.3 Å². The van der Waals surface area contributed by atoms with E-state index >= 15 is 0 Å². The molecule has 7 aromatic rings. The highest BCUT2D eigenvalue weighted by atomic mass is 14.8. The molecule has 0 radical (unpaired) electrons. The van der Waals surface area contributed by atoms with Crippen LogP contribution < -0.4 is 0 Å². The number of hydrogen-bond acceptors (Lipinski definition) is 4. The molecule has 0 atom stereocenters. The summed E-state index contributed by atoms with van der Waals surface area (Å²) >= 11 is 0. The maximum absolute atomic E-state index is 9.31. The van der Waals surface area contributed by atoms with E-state index in [0.29, 0.717) is 5.56 Å². The van der Waals surface area contributed by atoms with Crippen LogP contribution in [0.15, 0.2) is 146 Å². The van der Waals surface area contributed by atoms with Gasteiger partial charge >= 0.3 is 0 Å². The number of rotatable bonds is 5. The Morgan fingerprint density at radius 2 is 0.881 bits per heavy atom. The maximum Gasteiger partial charge on any atom is 0.0991 e. The number of nitriles is 1. The van der Waals surface area contributed by atoms with Gasteiger partial charge in [-0.15, -0.1) is 0 Å². The van der Waals surface area contributed by atoms with Crippen LogP contribution in [0.25, 0.3) is 67.2 Å². The van der Waals surface area contributed by atoms with Crippen LogP contribution in [0.3, 0.4) is 0 Å². The van der Waals surface area contributed by atoms with Crippen molar-refractivity contribution in [1.82, 2.24) is 15.0 Å². The molecule has 4 nitrogen and oxygen atoms in total. The number of nitrogens with zero attached hydrogens (tertiary/aromatic N) is 4. The van der Waals surface area contributed by atoms with Crippen LogP contribution in [-0.4, -0.2) is 15.0 Å². The van der Waals surface area contributed by atoms with Crippen LogP contribution in [0.4, 0.5) is 0 Å². The van der Waals surface area contributed by atoms with E-state index in [2.05, 4.69) is 66.7 Å². The standard InChI is InChI=1S/C38H24N4/c39-25-26-18-20-29(21-19-26)37-38(42-34-17-8-7-16-33(34)41-37)31-15-9-14-30(22-31)32-23-35(27-10-3-1-4-11-27)40-36(24-32)28-12-5-2-6-13-28/h1-24H. The molecule has 0 unspecified atom stereocenters. The van der Waals surface area contributed by atoms with Crippen LogP contribution in [0.5, 0.6) is 0 Å². The average Bonchev–Trinajstić information content (AvgIpc) is 3.08. The Balaban J connectivity index is 1.40. The van der Waals surface area contributed by atoms with E-state index in [1.807, 2.05) is 84.9 Å². The molecule has 0 fully saturated rings. The number of fused-ring (bicyclic) bond motifs is 1. The van der Waals surface area contributed by atoms with Crippen molar-refractivity contribution in [3.05, 3.63) is 151 Å². The van der Waals surface area contributed by atoms with Gasteiger partial charge in [-0.1, -0.05) is 103 Å². The van der Waals surface area contributed by atoms with Gasteiger partial charge in [0.05, 0.1) is 45.4 Å². The monoisotopic (exact) mass is 536 g/mol. The minimum absolute atomic E-state index is 0.608. The second-order valence-electron chi connectivity index (χ2n) is 10.0. The third kappa shape index (κ3) is 4.92. The molecule has 2 heterocycles. The average molecular weight is 537 g/mol. The number of aromatic nitrogens is 3. The lowest BCUT2D eigenvalue weighted by Gasteiger charge is -2.13. The summed E-state index contributed by atoms with van der Waals surface area (Å²) in [6, 6.07) is 50.9. The second-order valence-corrected chi connectivity index (χ2v) is 10.0. The van der Waals surface area contributed by atoms with E-state index in [0.717, 1.165) is 67.2 Å². The quantitative estimate of drug-likeness (QED) is 0.220. The van der Waals surface area contributed by atoms with E-state index in [9.17, 15) is 5.26 Å². The zero-order chi connectivity index (χ0) is 28.3. The van der Waals surface area contributed by atoms with Crippen molar-refractivity contribution in [2.75, 3.05) is 0 Å². The van der Waals surface area contributed by atoms with Gasteiger partial charge in [-0.05, 0) is 53.6 Å². The van der Waals surface area contributed by atoms with Gasteiger partial charge in [0.15, 0.2) is 0 Å². The summed E-state index contributed by atoms with van der Waals surface area (Å²) < 4.78 is 0. The zero-order valence-electron chi connectivity index (χ0n) is 22.6. The lowest BCUT2D eigenvalue weighted by Crippen LogP contribution is -1.96. The summed E-state index contributed by atoms with van der Waals surface area (Å²) in [5.41, 5.74) is 11.8. The topological polar surface area (TPSA) is 62.5 Å². The van der Waals surface area contributed by atoms with Gasteiger partial charge in [-0.25, -0.2) is 15.0 Å². The van der Waals surface area contributed by atoms with Gasteiger partial charge < -0.3 is 0 Å². The molecule has 0 spiro atoms. The fourth-order valence-corrected chi connectivity index (χ4v) is 5.16. The smallest absolute Gasteiger partial charge is 0.0991 e. The predicted molar refractivity (Wildman–Crippen MR) is 169 cm³/mol. The van der Waals surface area contributed by atoms with E-state index in [1.54, 1.807) is 0 Å². The van der Waals surface area contributed by atoms with Crippen LogP contribution >= 0.6 is 0 Å². The second kappa shape index (κ2) is 10.9. The Bertz CT molecular complexity index is 2020. The number of benzene rings is 5. The predicted octanol–water partition coefficient (Wildman–Crippen LogP) is 9.23. The molecule has 0 amide bonds. The first-order valence-electron chi connectivity index (χ1n) is 13.8. The summed E-state index contributed by atoms with van der Waals surface area (Å²) in [6.45, 7) is 0. The molecule has 0 saturated heterocycles. The van der Waals surface area contributed by atoms with Gasteiger partial charge in [0.25, 0.3) is 0 Å². The Kier molecular flexibility index (Phi) is 6.52. The molecule has 0 bridgehead atoms. The molecule has 0 aliphatic heterocycles. The first-order chi connectivity index (χ1) is 20.7. The third-order valence-corrected chi connectivity index (χ3v) is 7.29. The van der Waals surface area contributed by atoms with Gasteiger partial charge in [-0.3, -0.25) is 0 Å². The summed E-state index contributed by atoms with van der Waals surface area (Å²) in [5, 5.41) is 9.31. The number of pyridine rings is 1. The molecule has 4 heteroatoms. The molecule has 0 N–H and O–H groups in total. The van der Waals surface area contributed by atoms with Gasteiger partial charge in [0.2, 0.25) is 0 Å². The molecule has 5 aromatic carbocycles. The van der Waals surface area contributed by atoms with Crippen molar-refractivity contribution in [2.45, 2.75) is 0 Å². The van der Waals surface area contributed by atoms with E-state index < -0.39 is 0 Å². The highest BCUT2D eigenvalue weighted by Crippen LogP contribution is 2.35. The van der Waals surface area contributed by atoms with Crippen molar-refractivity contribution in [3.8, 4) is 62.2 Å². The van der Waals surface area contributed by atoms with Crippen molar-refractivity contribution >= 4 is 11.0 Å². The highest BCUT2D eigenvalue weighted by molar-refractivity contribution is 5.88. The third-order valence-electron chi connectivity index (χ3n) is 7.29. The molecule has 0 aliphatic carbocycles. The zero-order valence-corrected chi connectivity index (χ0v) is 22.6. The fraction of sp³-hybridized carbons (Fsp3) is 0. The fourth-order valence-electron chi connectivity index (χ4n) is 5.16. The summed E-state index contributed by atoms with van der Waals surface area (Å²) in [4.78, 5) is 15.2.